The van der Waals surface area contributed by atoms with Gasteiger partial charge in [-0.15, -0.1) is 0 Å². The highest BCUT2D eigenvalue weighted by Crippen LogP contribution is 2.40. The van der Waals surface area contributed by atoms with Crippen molar-refractivity contribution < 1.29 is 9.53 Å². The molecule has 2 rings (SSSR count). The molecule has 0 aliphatic heterocycles. The largest absolute Gasteiger partial charge is 0.375 e. The quantitative estimate of drug-likeness (QED) is 0.782. The van der Waals surface area contributed by atoms with Crippen LogP contribution in [0.3, 0.4) is 0 Å². The fraction of sp³-hybridized carbons (Fsp3) is 0.938. The summed E-state index contributed by atoms with van der Waals surface area (Å²) in [6, 6.07) is 0. The predicted molar refractivity (Wildman–Crippen MR) is 79.9 cm³/mol. The number of hydrogen-bond donors (Lipinski definition) is 2. The Hall–Kier alpha value is -0.610. The van der Waals surface area contributed by atoms with Crippen molar-refractivity contribution in [3.63, 3.8) is 0 Å². The van der Waals surface area contributed by atoms with E-state index < -0.39 is 11.4 Å². The second-order valence-electron chi connectivity index (χ2n) is 7.35. The predicted octanol–water partition coefficient (Wildman–Crippen LogP) is 2.06. The number of rotatable bonds is 6. The van der Waals surface area contributed by atoms with Gasteiger partial charge in [-0.25, -0.2) is 0 Å². The molecule has 116 valence electrons. The van der Waals surface area contributed by atoms with E-state index in [0.29, 0.717) is 17.8 Å². The van der Waals surface area contributed by atoms with E-state index in [1.807, 2.05) is 0 Å². The molecule has 0 aromatic rings. The average molecular weight is 282 g/mol. The third kappa shape index (κ3) is 3.34. The van der Waals surface area contributed by atoms with Crippen LogP contribution in [0.5, 0.6) is 0 Å². The van der Waals surface area contributed by atoms with Crippen LogP contribution in [-0.4, -0.2) is 24.2 Å². The maximum atomic E-state index is 11.7. The van der Waals surface area contributed by atoms with Gasteiger partial charge in [0.2, 0.25) is 5.91 Å². The average Bonchev–Trinajstić information content (AvgIpc) is 3.19. The van der Waals surface area contributed by atoms with Gasteiger partial charge >= 0.3 is 0 Å². The van der Waals surface area contributed by atoms with Crippen molar-refractivity contribution in [1.29, 1.82) is 0 Å². The van der Waals surface area contributed by atoms with Crippen molar-refractivity contribution >= 4 is 5.91 Å². The second kappa shape index (κ2) is 6.02. The van der Waals surface area contributed by atoms with E-state index in [1.54, 1.807) is 0 Å². The number of nitrogens with two attached hydrogens (primary N) is 2. The zero-order chi connectivity index (χ0) is 14.9. The zero-order valence-corrected chi connectivity index (χ0v) is 13.1. The van der Waals surface area contributed by atoms with Crippen molar-refractivity contribution in [3.05, 3.63) is 0 Å². The number of carbonyl (C=O) groups is 1. The van der Waals surface area contributed by atoms with E-state index >= 15 is 0 Å². The number of amides is 1. The summed E-state index contributed by atoms with van der Waals surface area (Å²) in [6.07, 6.45) is 5.77. The Balaban J connectivity index is 1.97. The van der Waals surface area contributed by atoms with Crippen LogP contribution in [0.15, 0.2) is 0 Å². The van der Waals surface area contributed by atoms with Crippen LogP contribution in [0.1, 0.15) is 52.9 Å². The van der Waals surface area contributed by atoms with E-state index in [4.69, 9.17) is 16.2 Å². The highest BCUT2D eigenvalue weighted by molar-refractivity contribution is 5.85. The summed E-state index contributed by atoms with van der Waals surface area (Å²) < 4.78 is 6.13. The normalized spacial score (nSPS) is 34.0. The van der Waals surface area contributed by atoms with E-state index in [-0.39, 0.29) is 18.6 Å². The molecule has 4 heteroatoms. The second-order valence-corrected chi connectivity index (χ2v) is 7.35. The summed E-state index contributed by atoms with van der Waals surface area (Å²) in [6.45, 7) is 7.06. The van der Waals surface area contributed by atoms with Crippen LogP contribution >= 0.6 is 0 Å². The van der Waals surface area contributed by atoms with E-state index in [1.165, 1.54) is 12.8 Å². The summed E-state index contributed by atoms with van der Waals surface area (Å²) in [5.41, 5.74) is 10.8. The molecular formula is C16H30N2O2. The van der Waals surface area contributed by atoms with Gasteiger partial charge in [0.1, 0.15) is 5.54 Å². The Kier molecular flexibility index (Phi) is 4.75. The maximum Gasteiger partial charge on any atom is 0.240 e. The molecule has 0 heterocycles. The van der Waals surface area contributed by atoms with E-state index in [0.717, 1.165) is 19.3 Å². The summed E-state index contributed by atoms with van der Waals surface area (Å²) in [5.74, 6) is 1.68. The standard InChI is InChI=1S/C16H30N2O2/c1-10(2)13-7-4-11(3)8-14(13)20-9-16(18,15(17)19)12-5-6-12/h10-14H,4-9,18H2,1-3H3,(H2,17,19). The molecule has 4 unspecified atom stereocenters. The number of hydrogen-bond acceptors (Lipinski definition) is 3. The van der Waals surface area contributed by atoms with Gasteiger partial charge in [0.05, 0.1) is 12.7 Å². The van der Waals surface area contributed by atoms with E-state index in [2.05, 4.69) is 20.8 Å². The molecule has 4 atom stereocenters. The minimum Gasteiger partial charge on any atom is -0.375 e. The summed E-state index contributed by atoms with van der Waals surface area (Å²) in [7, 11) is 0. The van der Waals surface area contributed by atoms with Gasteiger partial charge in [0.25, 0.3) is 0 Å². The van der Waals surface area contributed by atoms with Crippen LogP contribution in [0.4, 0.5) is 0 Å². The Labute approximate surface area is 122 Å². The third-order valence-electron chi connectivity index (χ3n) is 5.26. The van der Waals surface area contributed by atoms with Crippen molar-refractivity contribution in [1.82, 2.24) is 0 Å². The highest BCUT2D eigenvalue weighted by Gasteiger charge is 2.48. The van der Waals surface area contributed by atoms with Gasteiger partial charge in [0.15, 0.2) is 0 Å². The molecular weight excluding hydrogens is 252 g/mol. The number of primary amides is 1. The molecule has 20 heavy (non-hydrogen) atoms. The molecule has 4 nitrogen and oxygen atoms in total. The minimum absolute atomic E-state index is 0.221. The lowest BCUT2D eigenvalue weighted by molar-refractivity contribution is -0.129. The van der Waals surface area contributed by atoms with Crippen molar-refractivity contribution in [2.24, 2.45) is 35.1 Å². The van der Waals surface area contributed by atoms with Gasteiger partial charge in [-0.1, -0.05) is 27.2 Å². The van der Waals surface area contributed by atoms with Crippen LogP contribution in [0.2, 0.25) is 0 Å². The van der Waals surface area contributed by atoms with E-state index in [9.17, 15) is 4.79 Å². The van der Waals surface area contributed by atoms with Crippen molar-refractivity contribution in [3.8, 4) is 0 Å². The smallest absolute Gasteiger partial charge is 0.240 e. The first-order valence-corrected chi connectivity index (χ1v) is 8.05. The van der Waals surface area contributed by atoms with Gasteiger partial charge in [-0.05, 0) is 49.4 Å². The number of carbonyl (C=O) groups excluding carboxylic acids is 1. The Morgan fingerprint density at radius 3 is 2.45 bits per heavy atom. The number of ether oxygens (including phenoxy) is 1. The molecule has 0 radical (unpaired) electrons. The first-order valence-electron chi connectivity index (χ1n) is 8.05. The van der Waals surface area contributed by atoms with Gasteiger partial charge in [-0.3, -0.25) is 4.79 Å². The molecule has 1 amide bonds. The molecule has 0 spiro atoms. The van der Waals surface area contributed by atoms with Crippen LogP contribution in [0, 0.1) is 23.7 Å². The first kappa shape index (κ1) is 15.8. The molecule has 2 saturated carbocycles. The topological polar surface area (TPSA) is 78.3 Å². The molecule has 2 fully saturated rings. The fourth-order valence-corrected chi connectivity index (χ4v) is 3.54. The van der Waals surface area contributed by atoms with Crippen molar-refractivity contribution in [2.75, 3.05) is 6.61 Å². The Bertz CT molecular complexity index is 354. The lowest BCUT2D eigenvalue weighted by Crippen LogP contribution is -2.58. The fourth-order valence-electron chi connectivity index (χ4n) is 3.54. The summed E-state index contributed by atoms with van der Waals surface area (Å²) >= 11 is 0. The summed E-state index contributed by atoms with van der Waals surface area (Å²) in [5, 5.41) is 0. The molecule has 2 aliphatic carbocycles. The van der Waals surface area contributed by atoms with Gasteiger partial charge < -0.3 is 16.2 Å². The van der Waals surface area contributed by atoms with Crippen LogP contribution < -0.4 is 11.5 Å². The first-order chi connectivity index (χ1) is 9.34. The maximum absolute atomic E-state index is 11.7. The monoisotopic (exact) mass is 282 g/mol. The molecule has 0 aromatic heterocycles. The van der Waals surface area contributed by atoms with Gasteiger partial charge in [-0.2, -0.15) is 0 Å². The molecule has 2 aliphatic rings. The molecule has 0 aromatic carbocycles. The highest BCUT2D eigenvalue weighted by atomic mass is 16.5. The third-order valence-corrected chi connectivity index (χ3v) is 5.26. The molecule has 0 saturated heterocycles. The summed E-state index contributed by atoms with van der Waals surface area (Å²) in [4.78, 5) is 11.7. The Morgan fingerprint density at radius 2 is 1.95 bits per heavy atom. The Morgan fingerprint density at radius 1 is 1.30 bits per heavy atom. The molecule has 0 bridgehead atoms. The lowest BCUT2D eigenvalue weighted by Gasteiger charge is -2.39. The molecule has 4 N–H and O–H groups in total. The minimum atomic E-state index is -0.956. The SMILES string of the molecule is CC1CCC(C(C)C)C(OCC(N)(C(N)=O)C2CC2)C1. The van der Waals surface area contributed by atoms with Crippen molar-refractivity contribution in [2.45, 2.75) is 64.5 Å². The zero-order valence-electron chi connectivity index (χ0n) is 13.1. The van der Waals surface area contributed by atoms with Crippen LogP contribution in [-0.2, 0) is 9.53 Å². The van der Waals surface area contributed by atoms with Gasteiger partial charge in [0, 0.05) is 0 Å². The van der Waals surface area contributed by atoms with Crippen LogP contribution in [0.25, 0.3) is 0 Å². The lowest BCUT2D eigenvalue weighted by atomic mass is 9.75.